The Morgan fingerprint density at radius 1 is 1.24 bits per heavy atom. The summed E-state index contributed by atoms with van der Waals surface area (Å²) in [6.07, 6.45) is 0. The smallest absolute Gasteiger partial charge is 0.325 e. The first-order valence-corrected chi connectivity index (χ1v) is 5.29. The van der Waals surface area contributed by atoms with Crippen LogP contribution in [0.2, 0.25) is 0 Å². The molecule has 0 bridgehead atoms. The standard InChI is InChI=1S/C10H15N3O3.ClH/c1-7-8(9(14)12-10(15)11-7)6-13-2-4-16-5-3-13;/h2-6H2,1H3,(H2,11,12,14,15);1H/p-1. The van der Waals surface area contributed by atoms with E-state index in [9.17, 15) is 9.59 Å². The Balaban J connectivity index is 0.00000144. The van der Waals surface area contributed by atoms with E-state index in [0.29, 0.717) is 31.0 Å². The van der Waals surface area contributed by atoms with Crippen molar-refractivity contribution in [1.29, 1.82) is 0 Å². The monoisotopic (exact) mass is 260 g/mol. The molecule has 1 fully saturated rings. The number of aromatic nitrogens is 2. The SMILES string of the molecule is Cc1[nH]c(=O)[nH]c(=O)c1CN1CCOCC1.[Cl-]. The largest absolute Gasteiger partial charge is 1.00 e. The van der Waals surface area contributed by atoms with Gasteiger partial charge in [-0.2, -0.15) is 0 Å². The van der Waals surface area contributed by atoms with Crippen LogP contribution in [0.15, 0.2) is 9.59 Å². The van der Waals surface area contributed by atoms with E-state index in [1.807, 2.05) is 0 Å². The number of hydrogen-bond donors (Lipinski definition) is 2. The van der Waals surface area contributed by atoms with Gasteiger partial charge < -0.3 is 22.1 Å². The Morgan fingerprint density at radius 3 is 2.47 bits per heavy atom. The fourth-order valence-electron chi connectivity index (χ4n) is 1.80. The van der Waals surface area contributed by atoms with Crippen molar-refractivity contribution in [3.8, 4) is 0 Å². The van der Waals surface area contributed by atoms with Crippen LogP contribution in [0.1, 0.15) is 11.3 Å². The first-order chi connectivity index (χ1) is 7.66. The maximum atomic E-state index is 11.6. The second kappa shape index (κ2) is 6.00. The molecule has 0 unspecified atom stereocenters. The molecule has 1 aromatic heterocycles. The normalized spacial score (nSPS) is 16.5. The Labute approximate surface area is 104 Å². The molecule has 1 aliphatic rings. The van der Waals surface area contributed by atoms with E-state index in [1.165, 1.54) is 0 Å². The molecule has 1 aliphatic heterocycles. The van der Waals surface area contributed by atoms with Gasteiger partial charge in [0.15, 0.2) is 0 Å². The molecule has 1 aromatic rings. The van der Waals surface area contributed by atoms with Gasteiger partial charge in [0, 0.05) is 25.3 Å². The molecule has 0 spiro atoms. The molecule has 2 rings (SSSR count). The zero-order valence-electron chi connectivity index (χ0n) is 9.59. The van der Waals surface area contributed by atoms with E-state index in [0.717, 1.165) is 13.1 Å². The molecule has 1 saturated heterocycles. The quantitative estimate of drug-likeness (QED) is 0.572. The van der Waals surface area contributed by atoms with Crippen LogP contribution in [0, 0.1) is 6.92 Å². The zero-order chi connectivity index (χ0) is 11.5. The fraction of sp³-hybridized carbons (Fsp3) is 0.600. The van der Waals surface area contributed by atoms with Crippen molar-refractivity contribution in [2.45, 2.75) is 13.5 Å². The molecule has 6 nitrogen and oxygen atoms in total. The maximum absolute atomic E-state index is 11.6. The first kappa shape index (κ1) is 14.0. The molecule has 0 radical (unpaired) electrons. The van der Waals surface area contributed by atoms with E-state index >= 15 is 0 Å². The number of H-pyrrole nitrogens is 2. The highest BCUT2D eigenvalue weighted by molar-refractivity contribution is 5.14. The van der Waals surface area contributed by atoms with Crippen LogP contribution in [0.25, 0.3) is 0 Å². The Hall–Kier alpha value is -1.11. The summed E-state index contributed by atoms with van der Waals surface area (Å²) < 4.78 is 5.23. The molecule has 0 aliphatic carbocycles. The highest BCUT2D eigenvalue weighted by Crippen LogP contribution is 2.04. The van der Waals surface area contributed by atoms with Crippen molar-refractivity contribution < 1.29 is 17.1 Å². The highest BCUT2D eigenvalue weighted by atomic mass is 35.5. The number of nitrogens with one attached hydrogen (secondary N) is 2. The van der Waals surface area contributed by atoms with Gasteiger partial charge in [0.25, 0.3) is 5.56 Å². The number of rotatable bonds is 2. The Morgan fingerprint density at radius 2 is 1.88 bits per heavy atom. The van der Waals surface area contributed by atoms with Crippen molar-refractivity contribution in [2.24, 2.45) is 0 Å². The van der Waals surface area contributed by atoms with Gasteiger partial charge in [-0.15, -0.1) is 0 Å². The topological polar surface area (TPSA) is 78.2 Å². The Bertz CT molecular complexity index is 476. The van der Waals surface area contributed by atoms with Gasteiger partial charge in [0.1, 0.15) is 0 Å². The van der Waals surface area contributed by atoms with Crippen LogP contribution >= 0.6 is 0 Å². The third-order valence-corrected chi connectivity index (χ3v) is 2.74. The lowest BCUT2D eigenvalue weighted by Gasteiger charge is -2.26. The number of halogens is 1. The second-order valence-corrected chi connectivity index (χ2v) is 3.90. The van der Waals surface area contributed by atoms with Gasteiger partial charge in [-0.05, 0) is 6.92 Å². The van der Waals surface area contributed by atoms with Crippen LogP contribution < -0.4 is 23.7 Å². The van der Waals surface area contributed by atoms with Crippen LogP contribution in [-0.2, 0) is 11.3 Å². The van der Waals surface area contributed by atoms with Crippen LogP contribution in [0.3, 0.4) is 0 Å². The minimum absolute atomic E-state index is 0. The van der Waals surface area contributed by atoms with E-state index in [-0.39, 0.29) is 18.0 Å². The van der Waals surface area contributed by atoms with Gasteiger partial charge in [0.2, 0.25) is 0 Å². The van der Waals surface area contributed by atoms with E-state index in [1.54, 1.807) is 6.92 Å². The average Bonchev–Trinajstić information content (AvgIpc) is 2.25. The predicted octanol–water partition coefficient (Wildman–Crippen LogP) is -3.79. The van der Waals surface area contributed by atoms with E-state index < -0.39 is 5.69 Å². The van der Waals surface area contributed by atoms with Crippen LogP contribution in [-0.4, -0.2) is 41.2 Å². The number of morpholine rings is 1. The number of nitrogens with zero attached hydrogens (tertiary/aromatic N) is 1. The molecule has 96 valence electrons. The summed E-state index contributed by atoms with van der Waals surface area (Å²) in [7, 11) is 0. The van der Waals surface area contributed by atoms with E-state index in [2.05, 4.69) is 14.9 Å². The molecule has 2 N–H and O–H groups in total. The first-order valence-electron chi connectivity index (χ1n) is 5.29. The summed E-state index contributed by atoms with van der Waals surface area (Å²) in [6.45, 7) is 5.32. The maximum Gasteiger partial charge on any atom is 0.325 e. The molecule has 0 saturated carbocycles. The lowest BCUT2D eigenvalue weighted by atomic mass is 10.2. The molecule has 7 heteroatoms. The van der Waals surface area contributed by atoms with Gasteiger partial charge in [0.05, 0.1) is 18.8 Å². The minimum Gasteiger partial charge on any atom is -1.00 e. The van der Waals surface area contributed by atoms with Crippen LogP contribution in [0.4, 0.5) is 0 Å². The van der Waals surface area contributed by atoms with Crippen LogP contribution in [0.5, 0.6) is 0 Å². The molecule has 2 heterocycles. The minimum atomic E-state index is -0.451. The molecule has 0 atom stereocenters. The molecular formula is C10H15ClN3O3-. The molecule has 0 amide bonds. The van der Waals surface area contributed by atoms with Gasteiger partial charge >= 0.3 is 5.69 Å². The summed E-state index contributed by atoms with van der Waals surface area (Å²) in [5.41, 5.74) is 0.516. The summed E-state index contributed by atoms with van der Waals surface area (Å²) in [4.78, 5) is 29.6. The van der Waals surface area contributed by atoms with Crippen molar-refractivity contribution in [3.05, 3.63) is 32.1 Å². The summed E-state index contributed by atoms with van der Waals surface area (Å²) in [5.74, 6) is 0. The lowest BCUT2D eigenvalue weighted by Crippen LogP contribution is -3.00. The second-order valence-electron chi connectivity index (χ2n) is 3.90. The summed E-state index contributed by atoms with van der Waals surface area (Å²) >= 11 is 0. The number of ether oxygens (including phenoxy) is 1. The zero-order valence-corrected chi connectivity index (χ0v) is 10.3. The number of aryl methyl sites for hydroxylation is 1. The van der Waals surface area contributed by atoms with Gasteiger partial charge in [-0.3, -0.25) is 14.7 Å². The van der Waals surface area contributed by atoms with Crippen molar-refractivity contribution in [2.75, 3.05) is 26.3 Å². The van der Waals surface area contributed by atoms with Crippen molar-refractivity contribution in [3.63, 3.8) is 0 Å². The van der Waals surface area contributed by atoms with Gasteiger partial charge in [-0.1, -0.05) is 0 Å². The van der Waals surface area contributed by atoms with Crippen molar-refractivity contribution in [1.82, 2.24) is 14.9 Å². The summed E-state index contributed by atoms with van der Waals surface area (Å²) in [5, 5.41) is 0. The fourth-order valence-corrected chi connectivity index (χ4v) is 1.80. The predicted molar refractivity (Wildman–Crippen MR) is 58.5 cm³/mol. The highest BCUT2D eigenvalue weighted by Gasteiger charge is 2.14. The third kappa shape index (κ3) is 3.42. The van der Waals surface area contributed by atoms with Gasteiger partial charge in [-0.25, -0.2) is 4.79 Å². The Kier molecular flexibility index (Phi) is 4.92. The number of aromatic amines is 2. The third-order valence-electron chi connectivity index (χ3n) is 2.74. The lowest BCUT2D eigenvalue weighted by molar-refractivity contribution is -0.00000557. The number of hydrogen-bond acceptors (Lipinski definition) is 4. The molecule has 0 aromatic carbocycles. The molecular weight excluding hydrogens is 246 g/mol. The van der Waals surface area contributed by atoms with Crippen molar-refractivity contribution >= 4 is 0 Å². The summed E-state index contributed by atoms with van der Waals surface area (Å²) in [6, 6.07) is 0. The average molecular weight is 261 g/mol. The van der Waals surface area contributed by atoms with E-state index in [4.69, 9.17) is 4.74 Å². The molecule has 17 heavy (non-hydrogen) atoms.